The van der Waals surface area contributed by atoms with Crippen molar-refractivity contribution < 1.29 is 4.42 Å². The summed E-state index contributed by atoms with van der Waals surface area (Å²) in [6.45, 7) is 4.68. The third-order valence-electron chi connectivity index (χ3n) is 10.3. The van der Waals surface area contributed by atoms with E-state index >= 15 is 0 Å². The SMILES string of the molecule is CC1(C)c2ccccc2-c2c(-c3nc(-c4ccccc4)nc(-c4ccccc4)n3)ccc(-c3cccc4oc5cc6ccccc6cc5c34)c21. The fourth-order valence-electron chi connectivity index (χ4n) is 7.99. The zero-order valence-corrected chi connectivity index (χ0v) is 27.7. The molecule has 0 fully saturated rings. The molecule has 0 aliphatic heterocycles. The lowest BCUT2D eigenvalue weighted by Crippen LogP contribution is -2.16. The van der Waals surface area contributed by atoms with E-state index in [0.29, 0.717) is 17.5 Å². The Morgan fingerprint density at radius 1 is 0.460 bits per heavy atom. The van der Waals surface area contributed by atoms with Gasteiger partial charge in [-0.15, -0.1) is 0 Å². The molecule has 1 aliphatic rings. The molecule has 0 amide bonds. The second-order valence-electron chi connectivity index (χ2n) is 13.6. The lowest BCUT2D eigenvalue weighted by Gasteiger charge is -2.25. The molecule has 1 aliphatic carbocycles. The third-order valence-corrected chi connectivity index (χ3v) is 10.3. The van der Waals surface area contributed by atoms with Gasteiger partial charge < -0.3 is 4.42 Å². The molecule has 236 valence electrons. The van der Waals surface area contributed by atoms with Gasteiger partial charge in [0.05, 0.1) is 0 Å². The number of hydrogen-bond acceptors (Lipinski definition) is 4. The maximum Gasteiger partial charge on any atom is 0.164 e. The fraction of sp³-hybridized carbons (Fsp3) is 0.0652. The highest BCUT2D eigenvalue weighted by Gasteiger charge is 2.40. The van der Waals surface area contributed by atoms with Crippen LogP contribution < -0.4 is 0 Å². The van der Waals surface area contributed by atoms with Crippen LogP contribution in [0.2, 0.25) is 0 Å². The average Bonchev–Trinajstić information content (AvgIpc) is 3.65. The Hall–Kier alpha value is -6.39. The van der Waals surface area contributed by atoms with Gasteiger partial charge in [0.15, 0.2) is 17.5 Å². The maximum absolute atomic E-state index is 6.53. The predicted molar refractivity (Wildman–Crippen MR) is 204 cm³/mol. The Bertz CT molecular complexity index is 2720. The molecule has 0 radical (unpaired) electrons. The number of nitrogens with zero attached hydrogens (tertiary/aromatic N) is 3. The maximum atomic E-state index is 6.53. The van der Waals surface area contributed by atoms with Gasteiger partial charge in [-0.2, -0.15) is 0 Å². The molecule has 4 nitrogen and oxygen atoms in total. The van der Waals surface area contributed by atoms with E-state index in [1.165, 1.54) is 38.6 Å². The molecule has 0 saturated heterocycles. The Morgan fingerprint density at radius 2 is 1.04 bits per heavy atom. The quantitative estimate of drug-likeness (QED) is 0.192. The third kappa shape index (κ3) is 4.28. The van der Waals surface area contributed by atoms with Gasteiger partial charge in [0, 0.05) is 32.9 Å². The van der Waals surface area contributed by atoms with Crippen LogP contribution in [0.4, 0.5) is 0 Å². The Morgan fingerprint density at radius 3 is 1.76 bits per heavy atom. The molecule has 10 rings (SSSR count). The number of fused-ring (bicyclic) bond motifs is 7. The molecule has 50 heavy (non-hydrogen) atoms. The minimum atomic E-state index is -0.288. The fourth-order valence-corrected chi connectivity index (χ4v) is 7.99. The van der Waals surface area contributed by atoms with Crippen LogP contribution in [0, 0.1) is 0 Å². The largest absolute Gasteiger partial charge is 0.456 e. The van der Waals surface area contributed by atoms with Gasteiger partial charge in [0.2, 0.25) is 0 Å². The van der Waals surface area contributed by atoms with E-state index in [9.17, 15) is 0 Å². The highest BCUT2D eigenvalue weighted by Crippen LogP contribution is 2.56. The Balaban J connectivity index is 1.28. The molecule has 0 unspecified atom stereocenters. The number of aromatic nitrogens is 3. The summed E-state index contributed by atoms with van der Waals surface area (Å²) >= 11 is 0. The number of benzene rings is 7. The van der Waals surface area contributed by atoms with Crippen molar-refractivity contribution >= 4 is 32.7 Å². The van der Waals surface area contributed by atoms with Crippen molar-refractivity contribution in [3.63, 3.8) is 0 Å². The van der Waals surface area contributed by atoms with E-state index in [0.717, 1.165) is 44.2 Å². The van der Waals surface area contributed by atoms with Crippen LogP contribution in [-0.2, 0) is 5.41 Å². The molecular formula is C46H31N3O. The van der Waals surface area contributed by atoms with Crippen LogP contribution in [0.5, 0.6) is 0 Å². The summed E-state index contributed by atoms with van der Waals surface area (Å²) in [4.78, 5) is 15.3. The monoisotopic (exact) mass is 641 g/mol. The number of rotatable bonds is 4. The van der Waals surface area contributed by atoms with Crippen LogP contribution >= 0.6 is 0 Å². The normalized spacial score (nSPS) is 13.2. The van der Waals surface area contributed by atoms with Gasteiger partial charge in [-0.1, -0.05) is 141 Å². The Kier molecular flexibility index (Phi) is 6.19. The van der Waals surface area contributed by atoms with E-state index in [4.69, 9.17) is 19.4 Å². The van der Waals surface area contributed by atoms with Crippen molar-refractivity contribution in [2.75, 3.05) is 0 Å². The molecule has 0 saturated carbocycles. The van der Waals surface area contributed by atoms with Crippen LogP contribution in [0.1, 0.15) is 25.0 Å². The summed E-state index contributed by atoms with van der Waals surface area (Å²) in [6, 6.07) is 53.0. The lowest BCUT2D eigenvalue weighted by molar-refractivity contribution is 0.662. The molecule has 0 atom stereocenters. The van der Waals surface area contributed by atoms with E-state index in [1.807, 2.05) is 36.4 Å². The summed E-state index contributed by atoms with van der Waals surface area (Å²) in [5.41, 5.74) is 11.7. The van der Waals surface area contributed by atoms with Gasteiger partial charge in [0.25, 0.3) is 0 Å². The summed E-state index contributed by atoms with van der Waals surface area (Å²) in [5.74, 6) is 1.96. The first-order chi connectivity index (χ1) is 24.5. The number of furan rings is 1. The zero-order valence-electron chi connectivity index (χ0n) is 27.7. The second kappa shape index (κ2) is 10.8. The van der Waals surface area contributed by atoms with Crippen molar-refractivity contribution in [2.24, 2.45) is 0 Å². The second-order valence-corrected chi connectivity index (χ2v) is 13.6. The molecule has 0 bridgehead atoms. The first kappa shape index (κ1) is 28.6. The summed E-state index contributed by atoms with van der Waals surface area (Å²) in [6.07, 6.45) is 0. The van der Waals surface area contributed by atoms with E-state index < -0.39 is 0 Å². The van der Waals surface area contributed by atoms with Gasteiger partial charge >= 0.3 is 0 Å². The highest BCUT2D eigenvalue weighted by atomic mass is 16.3. The first-order valence-electron chi connectivity index (χ1n) is 17.0. The molecule has 7 aromatic carbocycles. The lowest BCUT2D eigenvalue weighted by atomic mass is 9.77. The van der Waals surface area contributed by atoms with Gasteiger partial charge in [0.1, 0.15) is 11.2 Å². The smallest absolute Gasteiger partial charge is 0.164 e. The van der Waals surface area contributed by atoms with E-state index in [-0.39, 0.29) is 5.41 Å². The van der Waals surface area contributed by atoms with E-state index in [2.05, 4.69) is 129 Å². The first-order valence-corrected chi connectivity index (χ1v) is 17.0. The van der Waals surface area contributed by atoms with Crippen molar-refractivity contribution in [3.8, 4) is 56.4 Å². The van der Waals surface area contributed by atoms with Crippen molar-refractivity contribution in [3.05, 3.63) is 163 Å². The predicted octanol–water partition coefficient (Wildman–Crippen LogP) is 11.9. The van der Waals surface area contributed by atoms with Crippen molar-refractivity contribution in [1.29, 1.82) is 0 Å². The molecule has 9 aromatic rings. The van der Waals surface area contributed by atoms with Crippen LogP contribution in [0.25, 0.3) is 89.1 Å². The zero-order chi connectivity index (χ0) is 33.4. The van der Waals surface area contributed by atoms with E-state index in [1.54, 1.807) is 0 Å². The van der Waals surface area contributed by atoms with Crippen LogP contribution in [0.15, 0.2) is 156 Å². The van der Waals surface area contributed by atoms with Crippen LogP contribution in [-0.4, -0.2) is 15.0 Å². The molecule has 0 spiro atoms. The molecule has 2 aromatic heterocycles. The van der Waals surface area contributed by atoms with Gasteiger partial charge in [-0.05, 0) is 68.4 Å². The average molecular weight is 642 g/mol. The molecule has 4 heteroatoms. The Labute approximate surface area is 289 Å². The summed E-state index contributed by atoms with van der Waals surface area (Å²) in [7, 11) is 0. The minimum absolute atomic E-state index is 0.288. The highest BCUT2D eigenvalue weighted by molar-refractivity contribution is 6.16. The van der Waals surface area contributed by atoms with Gasteiger partial charge in [-0.3, -0.25) is 0 Å². The van der Waals surface area contributed by atoms with Crippen molar-refractivity contribution in [1.82, 2.24) is 15.0 Å². The summed E-state index contributed by atoms with van der Waals surface area (Å²) in [5, 5.41) is 4.62. The number of hydrogen-bond donors (Lipinski definition) is 0. The van der Waals surface area contributed by atoms with Crippen molar-refractivity contribution in [2.45, 2.75) is 19.3 Å². The standard InChI is InChI=1S/C46H31N3O/c1-46(2)37-22-12-11-20-34(37)41-35(45-48-43(28-14-5-3-6-15-28)47-44(49-45)29-16-7-4-8-17-29)25-24-33(42(41)46)32-21-13-23-38-40(32)36-26-30-18-9-10-19-31(30)27-39(36)50-38/h3-27H,1-2H3. The molecular weight excluding hydrogens is 611 g/mol. The molecule has 2 heterocycles. The summed E-state index contributed by atoms with van der Waals surface area (Å²) < 4.78 is 6.53. The van der Waals surface area contributed by atoms with Crippen LogP contribution in [0.3, 0.4) is 0 Å². The molecule has 0 N–H and O–H groups in total. The van der Waals surface area contributed by atoms with Gasteiger partial charge in [-0.25, -0.2) is 15.0 Å². The topological polar surface area (TPSA) is 51.8 Å². The minimum Gasteiger partial charge on any atom is -0.456 e.